The van der Waals surface area contributed by atoms with Gasteiger partial charge in [0.25, 0.3) is 0 Å². The molecule has 0 bridgehead atoms. The normalized spacial score (nSPS) is 16.6. The molecular formula is C27H27N3O2S2. The highest BCUT2D eigenvalue weighted by molar-refractivity contribution is 8.00. The lowest BCUT2D eigenvalue weighted by Gasteiger charge is -2.18. The van der Waals surface area contributed by atoms with E-state index in [2.05, 4.69) is 39.9 Å². The molecule has 2 aromatic carbocycles. The number of hydrogen-bond acceptors (Lipinski definition) is 6. The van der Waals surface area contributed by atoms with E-state index in [0.717, 1.165) is 52.0 Å². The van der Waals surface area contributed by atoms with Crippen LogP contribution in [-0.4, -0.2) is 33.3 Å². The van der Waals surface area contributed by atoms with Gasteiger partial charge in [0.05, 0.1) is 17.5 Å². The van der Waals surface area contributed by atoms with Gasteiger partial charge in [0.15, 0.2) is 16.8 Å². The van der Waals surface area contributed by atoms with Crippen molar-refractivity contribution in [2.75, 3.05) is 6.61 Å². The third-order valence-electron chi connectivity index (χ3n) is 6.05. The van der Waals surface area contributed by atoms with Crippen LogP contribution in [0.4, 0.5) is 0 Å². The van der Waals surface area contributed by atoms with Gasteiger partial charge in [-0.05, 0) is 43.7 Å². The molecule has 0 spiro atoms. The minimum atomic E-state index is -0.424. The first-order valence-corrected chi connectivity index (χ1v) is 13.3. The van der Waals surface area contributed by atoms with E-state index in [0.29, 0.717) is 12.1 Å². The van der Waals surface area contributed by atoms with Crippen molar-refractivity contribution in [2.24, 2.45) is 0 Å². The van der Waals surface area contributed by atoms with Gasteiger partial charge in [0, 0.05) is 12.2 Å². The Morgan fingerprint density at radius 3 is 2.47 bits per heavy atom. The lowest BCUT2D eigenvalue weighted by atomic mass is 10.0. The number of thioether (sulfide) groups is 1. The summed E-state index contributed by atoms with van der Waals surface area (Å²) in [6, 6.07) is 20.1. The van der Waals surface area contributed by atoms with Crippen molar-refractivity contribution in [3.63, 3.8) is 0 Å². The Morgan fingerprint density at radius 1 is 1.09 bits per heavy atom. The van der Waals surface area contributed by atoms with Gasteiger partial charge in [-0.2, -0.15) is 0 Å². The smallest absolute Gasteiger partial charge is 0.192 e. The van der Waals surface area contributed by atoms with Crippen LogP contribution in [0.2, 0.25) is 0 Å². The molecule has 1 saturated heterocycles. The molecule has 1 fully saturated rings. The molecule has 0 amide bonds. The number of aromatic nitrogens is 3. The third-order valence-corrected chi connectivity index (χ3v) is 8.15. The summed E-state index contributed by atoms with van der Waals surface area (Å²) in [4.78, 5) is 14.8. The van der Waals surface area contributed by atoms with Gasteiger partial charge in [0.1, 0.15) is 5.25 Å². The predicted molar refractivity (Wildman–Crippen MR) is 138 cm³/mol. The van der Waals surface area contributed by atoms with Crippen molar-refractivity contribution in [1.29, 1.82) is 0 Å². The molecule has 174 valence electrons. The van der Waals surface area contributed by atoms with Crippen LogP contribution in [0.15, 0.2) is 71.2 Å². The van der Waals surface area contributed by atoms with Gasteiger partial charge in [-0.25, -0.2) is 0 Å². The number of thiophene rings is 1. The second-order valence-electron chi connectivity index (χ2n) is 8.67. The Morgan fingerprint density at radius 2 is 1.82 bits per heavy atom. The number of hydrogen-bond donors (Lipinski definition) is 0. The Hall–Kier alpha value is -2.74. The van der Waals surface area contributed by atoms with Gasteiger partial charge < -0.3 is 4.74 Å². The van der Waals surface area contributed by atoms with Gasteiger partial charge in [0.2, 0.25) is 0 Å². The first kappa shape index (κ1) is 23.0. The van der Waals surface area contributed by atoms with Crippen molar-refractivity contribution in [3.8, 4) is 10.7 Å². The highest BCUT2D eigenvalue weighted by atomic mass is 32.2. The number of aryl methyl sites for hydroxylation is 2. The standard InChI is InChI=1S/C27H27N3O2S2/c1-18-7-11-20(12-8-18)24(31)25(21-13-9-19(2)10-14-21)34-27-29-28-26(23-6-4-16-33-23)30(27)17-22-5-3-15-32-22/h4,6-14,16,22,25H,3,5,15,17H2,1-2H3/t22-,25+/m0/s1. The van der Waals surface area contributed by atoms with Crippen LogP contribution in [0, 0.1) is 13.8 Å². The molecule has 0 saturated carbocycles. The zero-order valence-corrected chi connectivity index (χ0v) is 20.9. The summed E-state index contributed by atoms with van der Waals surface area (Å²) in [7, 11) is 0. The fourth-order valence-electron chi connectivity index (χ4n) is 4.11. The molecule has 5 rings (SSSR count). The summed E-state index contributed by atoms with van der Waals surface area (Å²) >= 11 is 3.11. The van der Waals surface area contributed by atoms with Crippen molar-refractivity contribution in [1.82, 2.24) is 14.8 Å². The van der Waals surface area contributed by atoms with E-state index >= 15 is 0 Å². The molecular weight excluding hydrogens is 462 g/mol. The third kappa shape index (κ3) is 5.02. The van der Waals surface area contributed by atoms with Gasteiger partial charge >= 0.3 is 0 Å². The molecule has 0 unspecified atom stereocenters. The molecule has 7 heteroatoms. The van der Waals surface area contributed by atoms with E-state index < -0.39 is 5.25 Å². The predicted octanol–water partition coefficient (Wildman–Crippen LogP) is 6.52. The van der Waals surface area contributed by atoms with E-state index in [1.54, 1.807) is 11.3 Å². The van der Waals surface area contributed by atoms with Crippen LogP contribution >= 0.6 is 23.1 Å². The maximum Gasteiger partial charge on any atom is 0.192 e. The minimum absolute atomic E-state index is 0.0678. The summed E-state index contributed by atoms with van der Waals surface area (Å²) in [5.74, 6) is 0.900. The Bertz CT molecular complexity index is 1240. The molecule has 4 aromatic rings. The van der Waals surface area contributed by atoms with Crippen LogP contribution in [0.3, 0.4) is 0 Å². The van der Waals surface area contributed by atoms with Gasteiger partial charge in [-0.3, -0.25) is 9.36 Å². The van der Waals surface area contributed by atoms with Gasteiger partial charge in [-0.15, -0.1) is 21.5 Å². The average molecular weight is 490 g/mol. The molecule has 0 N–H and O–H groups in total. The van der Waals surface area contributed by atoms with Crippen molar-refractivity contribution in [3.05, 3.63) is 88.3 Å². The van der Waals surface area contributed by atoms with E-state index in [4.69, 9.17) is 4.74 Å². The maximum atomic E-state index is 13.7. The topological polar surface area (TPSA) is 57.0 Å². The molecule has 34 heavy (non-hydrogen) atoms. The fourth-order valence-corrected chi connectivity index (χ4v) is 5.95. The zero-order chi connectivity index (χ0) is 23.5. The lowest BCUT2D eigenvalue weighted by Crippen LogP contribution is -2.17. The molecule has 1 aliphatic rings. The van der Waals surface area contributed by atoms with Crippen LogP contribution in [0.5, 0.6) is 0 Å². The largest absolute Gasteiger partial charge is 0.376 e. The van der Waals surface area contributed by atoms with E-state index in [1.807, 2.05) is 54.8 Å². The summed E-state index contributed by atoms with van der Waals surface area (Å²) in [5, 5.41) is 11.5. The minimum Gasteiger partial charge on any atom is -0.376 e. The number of rotatable bonds is 8. The molecule has 2 aromatic heterocycles. The SMILES string of the molecule is Cc1ccc(C(=O)[C@H](Sc2nnc(-c3cccs3)n2C[C@@H]2CCCO2)c2ccc(C)cc2)cc1. The van der Waals surface area contributed by atoms with E-state index in [-0.39, 0.29) is 11.9 Å². The van der Waals surface area contributed by atoms with E-state index in [9.17, 15) is 4.79 Å². The van der Waals surface area contributed by atoms with E-state index in [1.165, 1.54) is 11.8 Å². The van der Waals surface area contributed by atoms with Crippen LogP contribution < -0.4 is 0 Å². The molecule has 2 atom stereocenters. The first-order chi connectivity index (χ1) is 16.6. The molecule has 5 nitrogen and oxygen atoms in total. The lowest BCUT2D eigenvalue weighted by molar-refractivity contribution is 0.0953. The fraction of sp³-hybridized carbons (Fsp3) is 0.296. The number of nitrogens with zero attached hydrogens (tertiary/aromatic N) is 3. The second-order valence-corrected chi connectivity index (χ2v) is 10.7. The second kappa shape index (κ2) is 10.3. The number of ketones is 1. The molecule has 1 aliphatic heterocycles. The van der Waals surface area contributed by atoms with Crippen LogP contribution in [0.1, 0.15) is 45.1 Å². The first-order valence-electron chi connectivity index (χ1n) is 11.5. The van der Waals surface area contributed by atoms with Crippen molar-refractivity contribution >= 4 is 28.9 Å². The zero-order valence-electron chi connectivity index (χ0n) is 19.3. The highest BCUT2D eigenvalue weighted by Crippen LogP contribution is 2.39. The van der Waals surface area contributed by atoms with Crippen molar-refractivity contribution < 1.29 is 9.53 Å². The monoisotopic (exact) mass is 489 g/mol. The maximum absolute atomic E-state index is 13.7. The molecule has 3 heterocycles. The number of Topliss-reactive ketones (excluding diaryl/α,β-unsaturated/α-hetero) is 1. The Kier molecular flexibility index (Phi) is 6.94. The summed E-state index contributed by atoms with van der Waals surface area (Å²) in [5.41, 5.74) is 3.96. The number of ether oxygens (including phenoxy) is 1. The van der Waals surface area contributed by atoms with Crippen LogP contribution in [0.25, 0.3) is 10.7 Å². The quantitative estimate of drug-likeness (QED) is 0.208. The molecule has 0 radical (unpaired) electrons. The Labute approximate surface area is 208 Å². The van der Waals surface area contributed by atoms with Crippen LogP contribution in [-0.2, 0) is 11.3 Å². The van der Waals surface area contributed by atoms with Crippen molar-refractivity contribution in [2.45, 2.75) is 49.7 Å². The Balaban J connectivity index is 1.53. The summed E-state index contributed by atoms with van der Waals surface area (Å²) < 4.78 is 8.07. The van der Waals surface area contributed by atoms with Gasteiger partial charge in [-0.1, -0.05) is 77.5 Å². The summed E-state index contributed by atoms with van der Waals surface area (Å²) in [6.07, 6.45) is 2.23. The highest BCUT2D eigenvalue weighted by Gasteiger charge is 2.28. The summed E-state index contributed by atoms with van der Waals surface area (Å²) in [6.45, 7) is 5.56. The average Bonchev–Trinajstić information content (AvgIpc) is 3.62. The number of carbonyl (C=O) groups excluding carboxylic acids is 1. The number of carbonyl (C=O) groups is 1. The number of benzene rings is 2. The molecule has 0 aliphatic carbocycles.